The monoisotopic (exact) mass is 323 g/mol. The lowest BCUT2D eigenvalue weighted by molar-refractivity contribution is -0.121. The van der Waals surface area contributed by atoms with Gasteiger partial charge >= 0.3 is 0 Å². The van der Waals surface area contributed by atoms with Crippen LogP contribution in [0.5, 0.6) is 0 Å². The van der Waals surface area contributed by atoms with E-state index in [1.807, 2.05) is 42.5 Å². The van der Waals surface area contributed by atoms with Gasteiger partial charge in [0.1, 0.15) is 12.1 Å². The third-order valence-electron chi connectivity index (χ3n) is 3.90. The average Bonchev–Trinajstić information content (AvgIpc) is 3.02. The lowest BCUT2D eigenvalue weighted by Crippen LogP contribution is -2.31. The van der Waals surface area contributed by atoms with Gasteiger partial charge in [-0.2, -0.15) is 0 Å². The molecule has 0 aliphatic heterocycles. The second-order valence-corrected chi connectivity index (χ2v) is 5.70. The number of nitrogens with one attached hydrogen (secondary N) is 1. The van der Waals surface area contributed by atoms with Crippen molar-refractivity contribution in [2.75, 3.05) is 25.0 Å². The number of nitrogens with zero attached hydrogens (tertiary/aromatic N) is 4. The molecule has 1 heterocycles. The standard InChI is InChI=1S/C18H21N5O/c1-22(15-8-3-2-4-9-15)13-7-12-19-18(24)14-23-17-11-6-5-10-16(17)20-21-23/h2-6,8-11H,7,12-14H2,1H3,(H,19,24). The molecule has 24 heavy (non-hydrogen) atoms. The first-order valence-electron chi connectivity index (χ1n) is 8.05. The Morgan fingerprint density at radius 2 is 1.88 bits per heavy atom. The Labute approximate surface area is 141 Å². The van der Waals surface area contributed by atoms with Crippen LogP contribution < -0.4 is 10.2 Å². The summed E-state index contributed by atoms with van der Waals surface area (Å²) in [4.78, 5) is 14.2. The molecule has 0 spiro atoms. The molecular formula is C18H21N5O. The zero-order valence-electron chi connectivity index (χ0n) is 13.7. The maximum atomic E-state index is 12.1. The first-order valence-corrected chi connectivity index (χ1v) is 8.05. The summed E-state index contributed by atoms with van der Waals surface area (Å²) in [5, 5.41) is 11.0. The summed E-state index contributed by atoms with van der Waals surface area (Å²) in [6.07, 6.45) is 0.884. The molecular weight excluding hydrogens is 302 g/mol. The lowest BCUT2D eigenvalue weighted by Gasteiger charge is -2.19. The van der Waals surface area contributed by atoms with Gasteiger partial charge in [0.05, 0.1) is 5.52 Å². The highest BCUT2D eigenvalue weighted by molar-refractivity contribution is 5.79. The zero-order valence-corrected chi connectivity index (χ0v) is 13.7. The second kappa shape index (κ2) is 7.59. The van der Waals surface area contributed by atoms with E-state index in [-0.39, 0.29) is 12.5 Å². The van der Waals surface area contributed by atoms with Crippen LogP contribution in [0, 0.1) is 0 Å². The van der Waals surface area contributed by atoms with Crippen LogP contribution in [-0.2, 0) is 11.3 Å². The highest BCUT2D eigenvalue weighted by Gasteiger charge is 2.08. The lowest BCUT2D eigenvalue weighted by atomic mass is 10.3. The topological polar surface area (TPSA) is 63.1 Å². The van der Waals surface area contributed by atoms with Crippen LogP contribution in [0.25, 0.3) is 11.0 Å². The van der Waals surface area contributed by atoms with Crippen molar-refractivity contribution in [2.24, 2.45) is 0 Å². The summed E-state index contributed by atoms with van der Waals surface area (Å²) in [6, 6.07) is 17.8. The predicted molar refractivity (Wildman–Crippen MR) is 94.9 cm³/mol. The van der Waals surface area contributed by atoms with Gasteiger partial charge in [-0.3, -0.25) is 4.79 Å². The Morgan fingerprint density at radius 1 is 1.12 bits per heavy atom. The van der Waals surface area contributed by atoms with Crippen molar-refractivity contribution in [1.82, 2.24) is 20.3 Å². The molecule has 124 valence electrons. The normalized spacial score (nSPS) is 10.7. The molecule has 0 atom stereocenters. The Hall–Kier alpha value is -2.89. The van der Waals surface area contributed by atoms with Gasteiger partial charge in [0, 0.05) is 25.8 Å². The van der Waals surface area contributed by atoms with Crippen molar-refractivity contribution in [3.05, 3.63) is 54.6 Å². The van der Waals surface area contributed by atoms with E-state index < -0.39 is 0 Å². The molecule has 1 aromatic heterocycles. The Morgan fingerprint density at radius 3 is 2.71 bits per heavy atom. The molecule has 2 aromatic carbocycles. The van der Waals surface area contributed by atoms with E-state index in [0.717, 1.165) is 24.0 Å². The highest BCUT2D eigenvalue weighted by Crippen LogP contribution is 2.11. The number of rotatable bonds is 7. The third-order valence-corrected chi connectivity index (χ3v) is 3.90. The largest absolute Gasteiger partial charge is 0.375 e. The SMILES string of the molecule is CN(CCCNC(=O)Cn1nnc2ccccc21)c1ccccc1. The summed E-state index contributed by atoms with van der Waals surface area (Å²) < 4.78 is 1.63. The fourth-order valence-electron chi connectivity index (χ4n) is 2.58. The Kier molecular flexibility index (Phi) is 5.05. The number of fused-ring (bicyclic) bond motifs is 1. The first-order chi connectivity index (χ1) is 11.7. The predicted octanol–water partition coefficient (Wildman–Crippen LogP) is 2.07. The van der Waals surface area contributed by atoms with E-state index in [0.29, 0.717) is 6.54 Å². The van der Waals surface area contributed by atoms with Crippen LogP contribution in [0.3, 0.4) is 0 Å². The number of amides is 1. The fourth-order valence-corrected chi connectivity index (χ4v) is 2.58. The van der Waals surface area contributed by atoms with Crippen LogP contribution in [0.4, 0.5) is 5.69 Å². The number of anilines is 1. The molecule has 0 saturated heterocycles. The smallest absolute Gasteiger partial charge is 0.241 e. The molecule has 0 radical (unpaired) electrons. The van der Waals surface area contributed by atoms with Crippen molar-refractivity contribution in [2.45, 2.75) is 13.0 Å². The quantitative estimate of drug-likeness (QED) is 0.676. The summed E-state index contributed by atoms with van der Waals surface area (Å²) in [7, 11) is 2.05. The Balaban J connectivity index is 1.43. The van der Waals surface area contributed by atoms with Crippen molar-refractivity contribution >= 4 is 22.6 Å². The van der Waals surface area contributed by atoms with Gasteiger partial charge in [0.2, 0.25) is 5.91 Å². The minimum atomic E-state index is -0.0481. The van der Waals surface area contributed by atoms with E-state index in [1.54, 1.807) is 4.68 Å². The summed E-state index contributed by atoms with van der Waals surface area (Å²) >= 11 is 0. The summed E-state index contributed by atoms with van der Waals surface area (Å²) in [5.74, 6) is -0.0481. The number of aromatic nitrogens is 3. The number of para-hydroxylation sites is 2. The van der Waals surface area contributed by atoms with Crippen molar-refractivity contribution in [3.8, 4) is 0 Å². The number of carbonyl (C=O) groups excluding carboxylic acids is 1. The molecule has 0 aliphatic rings. The van der Waals surface area contributed by atoms with Crippen molar-refractivity contribution in [1.29, 1.82) is 0 Å². The highest BCUT2D eigenvalue weighted by atomic mass is 16.2. The van der Waals surface area contributed by atoms with E-state index in [1.165, 1.54) is 5.69 Å². The molecule has 0 fully saturated rings. The molecule has 3 aromatic rings. The summed E-state index contributed by atoms with van der Waals surface area (Å²) in [5.41, 5.74) is 2.85. The Bertz CT molecular complexity index is 799. The molecule has 0 saturated carbocycles. The molecule has 1 amide bonds. The van der Waals surface area contributed by atoms with Crippen LogP contribution in [0.1, 0.15) is 6.42 Å². The maximum absolute atomic E-state index is 12.1. The number of benzene rings is 2. The minimum Gasteiger partial charge on any atom is -0.375 e. The van der Waals surface area contributed by atoms with E-state index in [4.69, 9.17) is 0 Å². The van der Waals surface area contributed by atoms with E-state index >= 15 is 0 Å². The van der Waals surface area contributed by atoms with Crippen LogP contribution >= 0.6 is 0 Å². The van der Waals surface area contributed by atoms with Crippen LogP contribution in [-0.4, -0.2) is 41.0 Å². The van der Waals surface area contributed by atoms with Gasteiger partial charge in [0.15, 0.2) is 0 Å². The summed E-state index contributed by atoms with van der Waals surface area (Å²) in [6.45, 7) is 1.72. The molecule has 1 N–H and O–H groups in total. The molecule has 6 nitrogen and oxygen atoms in total. The maximum Gasteiger partial charge on any atom is 0.241 e. The van der Waals surface area contributed by atoms with Gasteiger partial charge in [-0.25, -0.2) is 4.68 Å². The van der Waals surface area contributed by atoms with Gasteiger partial charge in [0.25, 0.3) is 0 Å². The number of hydrogen-bond donors (Lipinski definition) is 1. The van der Waals surface area contributed by atoms with Gasteiger partial charge in [-0.1, -0.05) is 35.5 Å². The molecule has 3 rings (SSSR count). The van der Waals surface area contributed by atoms with Gasteiger partial charge in [-0.05, 0) is 30.7 Å². The average molecular weight is 323 g/mol. The van der Waals surface area contributed by atoms with Gasteiger partial charge < -0.3 is 10.2 Å². The number of carbonyl (C=O) groups is 1. The molecule has 6 heteroatoms. The van der Waals surface area contributed by atoms with E-state index in [9.17, 15) is 4.79 Å². The number of hydrogen-bond acceptors (Lipinski definition) is 4. The third kappa shape index (κ3) is 3.90. The van der Waals surface area contributed by atoms with Gasteiger partial charge in [-0.15, -0.1) is 5.10 Å². The van der Waals surface area contributed by atoms with Crippen LogP contribution in [0.15, 0.2) is 54.6 Å². The first kappa shape index (κ1) is 16.0. The van der Waals surface area contributed by atoms with E-state index in [2.05, 4.69) is 39.7 Å². The molecule has 0 bridgehead atoms. The second-order valence-electron chi connectivity index (χ2n) is 5.70. The molecule has 0 unspecified atom stereocenters. The van der Waals surface area contributed by atoms with Crippen LogP contribution in [0.2, 0.25) is 0 Å². The fraction of sp³-hybridized carbons (Fsp3) is 0.278. The molecule has 0 aliphatic carbocycles. The van der Waals surface area contributed by atoms with Crippen molar-refractivity contribution < 1.29 is 4.79 Å². The van der Waals surface area contributed by atoms with Crippen molar-refractivity contribution in [3.63, 3.8) is 0 Å². The minimum absolute atomic E-state index is 0.0481. The zero-order chi connectivity index (χ0) is 16.8.